The van der Waals surface area contributed by atoms with Crippen LogP contribution in [0.4, 0.5) is 0 Å². The van der Waals surface area contributed by atoms with Crippen LogP contribution in [-0.2, 0) is 0 Å². The van der Waals surface area contributed by atoms with E-state index in [2.05, 4.69) is 0 Å². The van der Waals surface area contributed by atoms with Gasteiger partial charge in [-0.2, -0.15) is 0 Å². The van der Waals surface area contributed by atoms with Crippen molar-refractivity contribution >= 4 is 0 Å². The molecular formula is C12H16NO-. The lowest BCUT2D eigenvalue weighted by Gasteiger charge is -2.46. The number of nitrogens with zero attached hydrogens (tertiary/aromatic N) is 1. The van der Waals surface area contributed by atoms with Gasteiger partial charge in [0.2, 0.25) is 0 Å². The number of hydrogen-bond donors (Lipinski definition) is 0. The molecule has 0 radical (unpaired) electrons. The Kier molecular flexibility index (Phi) is 2.85. The maximum atomic E-state index is 11.8. The summed E-state index contributed by atoms with van der Waals surface area (Å²) in [5.41, 5.74) is 1.16. The Morgan fingerprint density at radius 3 is 2.64 bits per heavy atom. The molecule has 1 aromatic carbocycles. The van der Waals surface area contributed by atoms with Crippen LogP contribution in [0.15, 0.2) is 30.3 Å². The fourth-order valence-corrected chi connectivity index (χ4v) is 2.16. The minimum Gasteiger partial charge on any atom is -0.785 e. The van der Waals surface area contributed by atoms with Gasteiger partial charge in [0.05, 0.1) is 0 Å². The second kappa shape index (κ2) is 4.11. The molecule has 0 bridgehead atoms. The van der Waals surface area contributed by atoms with Gasteiger partial charge in [-0.05, 0) is 24.4 Å². The van der Waals surface area contributed by atoms with Gasteiger partial charge < -0.3 is 10.3 Å². The molecule has 0 N–H and O–H groups in total. The van der Waals surface area contributed by atoms with Gasteiger partial charge in [0.1, 0.15) is 0 Å². The summed E-state index contributed by atoms with van der Waals surface area (Å²) < 4.78 is 0. The van der Waals surface area contributed by atoms with E-state index in [0.717, 1.165) is 18.4 Å². The number of rotatable bonds is 1. The lowest BCUT2D eigenvalue weighted by molar-refractivity contribution is 0.153. The van der Waals surface area contributed by atoms with Gasteiger partial charge in [-0.1, -0.05) is 43.7 Å². The van der Waals surface area contributed by atoms with Crippen LogP contribution in [0.1, 0.15) is 37.8 Å². The topological polar surface area (TPSA) is 26.3 Å². The molecule has 1 aliphatic heterocycles. The standard InChI is InChI=1S/C12H16NO/c1-10-6-5-9-12(13(10)14)11-7-3-2-4-8-11/h2-4,7-8,10,12H,5-6,9H2,1H3/q-1. The predicted octanol–water partition coefficient (Wildman–Crippen LogP) is 3.10. The van der Waals surface area contributed by atoms with Crippen LogP contribution in [-0.4, -0.2) is 11.1 Å². The van der Waals surface area contributed by atoms with E-state index < -0.39 is 0 Å². The maximum absolute atomic E-state index is 11.8. The van der Waals surface area contributed by atoms with E-state index in [0.29, 0.717) is 0 Å². The summed E-state index contributed by atoms with van der Waals surface area (Å²) >= 11 is 0. The molecule has 1 aliphatic rings. The van der Waals surface area contributed by atoms with E-state index in [1.54, 1.807) is 0 Å². The third-order valence-corrected chi connectivity index (χ3v) is 3.03. The molecule has 1 heterocycles. The minimum absolute atomic E-state index is 0.0833. The Morgan fingerprint density at radius 2 is 1.93 bits per heavy atom. The van der Waals surface area contributed by atoms with Crippen molar-refractivity contribution in [1.29, 1.82) is 0 Å². The third kappa shape index (κ3) is 1.81. The van der Waals surface area contributed by atoms with Crippen molar-refractivity contribution in [2.24, 2.45) is 0 Å². The molecule has 14 heavy (non-hydrogen) atoms. The van der Waals surface area contributed by atoms with E-state index in [1.165, 1.54) is 11.5 Å². The van der Waals surface area contributed by atoms with E-state index in [4.69, 9.17) is 0 Å². The van der Waals surface area contributed by atoms with Crippen molar-refractivity contribution < 1.29 is 0 Å². The summed E-state index contributed by atoms with van der Waals surface area (Å²) in [4.78, 5) is 0. The van der Waals surface area contributed by atoms with Crippen LogP contribution in [0.5, 0.6) is 0 Å². The van der Waals surface area contributed by atoms with Crippen LogP contribution in [0.25, 0.3) is 0 Å². The predicted molar refractivity (Wildman–Crippen MR) is 57.7 cm³/mol. The van der Waals surface area contributed by atoms with Crippen LogP contribution in [0.3, 0.4) is 0 Å². The SMILES string of the molecule is CC1CCCC(c2ccccc2)N1[O-]. The first-order valence-corrected chi connectivity index (χ1v) is 5.29. The Bertz CT molecular complexity index is 286. The molecule has 2 atom stereocenters. The number of piperidine rings is 1. The van der Waals surface area contributed by atoms with Gasteiger partial charge in [0, 0.05) is 6.04 Å². The zero-order valence-electron chi connectivity index (χ0n) is 8.52. The second-order valence-electron chi connectivity index (χ2n) is 4.07. The fourth-order valence-electron chi connectivity index (χ4n) is 2.16. The van der Waals surface area contributed by atoms with Crippen LogP contribution in [0, 0.1) is 5.21 Å². The molecule has 76 valence electrons. The Balaban J connectivity index is 2.17. The van der Waals surface area contributed by atoms with Gasteiger partial charge >= 0.3 is 0 Å². The average molecular weight is 190 g/mol. The van der Waals surface area contributed by atoms with Crippen LogP contribution in [0.2, 0.25) is 0 Å². The van der Waals surface area contributed by atoms with Gasteiger partial charge in [-0.25, -0.2) is 0 Å². The zero-order valence-corrected chi connectivity index (χ0v) is 8.52. The van der Waals surface area contributed by atoms with Gasteiger partial charge in [-0.15, -0.1) is 0 Å². The molecule has 1 fully saturated rings. The molecule has 0 aliphatic carbocycles. The maximum Gasteiger partial charge on any atom is 0.0233 e. The van der Waals surface area contributed by atoms with Crippen LogP contribution < -0.4 is 0 Å². The Labute approximate surface area is 85.1 Å². The molecule has 1 aromatic rings. The monoisotopic (exact) mass is 190 g/mol. The first-order chi connectivity index (χ1) is 6.79. The normalized spacial score (nSPS) is 29.0. The van der Waals surface area contributed by atoms with Crippen molar-refractivity contribution in [3.05, 3.63) is 41.1 Å². The first kappa shape index (κ1) is 9.69. The second-order valence-corrected chi connectivity index (χ2v) is 4.07. The molecule has 0 spiro atoms. The van der Waals surface area contributed by atoms with E-state index in [1.807, 2.05) is 37.3 Å². The molecule has 2 nitrogen and oxygen atoms in total. The van der Waals surface area contributed by atoms with Crippen molar-refractivity contribution in [3.63, 3.8) is 0 Å². The molecule has 0 saturated carbocycles. The third-order valence-electron chi connectivity index (χ3n) is 3.03. The summed E-state index contributed by atoms with van der Waals surface area (Å²) in [7, 11) is 0. The number of hydrogen-bond acceptors (Lipinski definition) is 2. The fraction of sp³-hybridized carbons (Fsp3) is 0.500. The van der Waals surface area contributed by atoms with E-state index in [-0.39, 0.29) is 12.1 Å². The Hall–Kier alpha value is -0.860. The summed E-state index contributed by atoms with van der Waals surface area (Å²) in [5, 5.41) is 13.1. The average Bonchev–Trinajstić information content (AvgIpc) is 2.23. The summed E-state index contributed by atoms with van der Waals surface area (Å²) in [6, 6.07) is 10.4. The number of hydroxylamine groups is 2. The van der Waals surface area contributed by atoms with Crippen molar-refractivity contribution in [2.75, 3.05) is 0 Å². The highest BCUT2D eigenvalue weighted by Gasteiger charge is 2.21. The molecule has 2 unspecified atom stereocenters. The minimum atomic E-state index is 0.0833. The lowest BCUT2D eigenvalue weighted by atomic mass is 9.94. The molecule has 0 aromatic heterocycles. The van der Waals surface area contributed by atoms with Gasteiger partial charge in [0.15, 0.2) is 0 Å². The van der Waals surface area contributed by atoms with Crippen molar-refractivity contribution in [1.82, 2.24) is 5.06 Å². The lowest BCUT2D eigenvalue weighted by Crippen LogP contribution is -2.35. The van der Waals surface area contributed by atoms with E-state index in [9.17, 15) is 5.21 Å². The van der Waals surface area contributed by atoms with E-state index >= 15 is 0 Å². The quantitative estimate of drug-likeness (QED) is 0.680. The van der Waals surface area contributed by atoms with Crippen LogP contribution >= 0.6 is 0 Å². The largest absolute Gasteiger partial charge is 0.785 e. The summed E-state index contributed by atoms with van der Waals surface area (Å²) in [5.74, 6) is 0. The highest BCUT2D eigenvalue weighted by atomic mass is 16.5. The Morgan fingerprint density at radius 1 is 1.21 bits per heavy atom. The zero-order chi connectivity index (χ0) is 9.97. The van der Waals surface area contributed by atoms with Gasteiger partial charge in [-0.3, -0.25) is 0 Å². The first-order valence-electron chi connectivity index (χ1n) is 5.29. The molecule has 2 heteroatoms. The highest BCUT2D eigenvalue weighted by Crippen LogP contribution is 2.32. The van der Waals surface area contributed by atoms with Crippen molar-refractivity contribution in [2.45, 2.75) is 38.3 Å². The van der Waals surface area contributed by atoms with Crippen molar-refractivity contribution in [3.8, 4) is 0 Å². The molecule has 0 amide bonds. The number of benzene rings is 1. The van der Waals surface area contributed by atoms with Gasteiger partial charge in [0.25, 0.3) is 0 Å². The summed E-state index contributed by atoms with van der Waals surface area (Å²) in [6.45, 7) is 2.02. The molecular weight excluding hydrogens is 174 g/mol. The molecule has 1 saturated heterocycles. The highest BCUT2D eigenvalue weighted by molar-refractivity contribution is 5.19. The molecule has 2 rings (SSSR count). The smallest absolute Gasteiger partial charge is 0.0233 e. The summed E-state index contributed by atoms with van der Waals surface area (Å²) in [6.07, 6.45) is 3.20.